The number of esters is 1. The quantitative estimate of drug-likeness (QED) is 0.528. The summed E-state index contributed by atoms with van der Waals surface area (Å²) in [6, 6.07) is 11.5. The second kappa shape index (κ2) is 8.49. The van der Waals surface area contributed by atoms with Gasteiger partial charge in [0, 0.05) is 5.56 Å². The maximum atomic E-state index is 12.1. The molecule has 0 aliphatic heterocycles. The Morgan fingerprint density at radius 3 is 2.29 bits per heavy atom. The molecule has 0 aromatic heterocycles. The number of ether oxygens (including phenoxy) is 3. The van der Waals surface area contributed by atoms with E-state index in [1.165, 1.54) is 0 Å². The number of hydrogen-bond donors (Lipinski definition) is 0. The van der Waals surface area contributed by atoms with Gasteiger partial charge in [-0.3, -0.25) is 4.79 Å². The SMILES string of the molecule is CCOc1ccc(C(=O)OCC(=O)c2ccc(OC)c(Br)c2)cc1. The first-order valence-corrected chi connectivity index (χ1v) is 8.11. The summed E-state index contributed by atoms with van der Waals surface area (Å²) < 4.78 is 16.1. The molecule has 0 saturated carbocycles. The molecule has 0 aliphatic rings. The molecule has 126 valence electrons. The van der Waals surface area contributed by atoms with Crippen molar-refractivity contribution in [3.63, 3.8) is 0 Å². The van der Waals surface area contributed by atoms with Gasteiger partial charge in [-0.15, -0.1) is 0 Å². The van der Waals surface area contributed by atoms with Gasteiger partial charge in [0.1, 0.15) is 11.5 Å². The number of hydrogen-bond acceptors (Lipinski definition) is 5. The highest BCUT2D eigenvalue weighted by atomic mass is 79.9. The standard InChI is InChI=1S/C18H17BrO5/c1-3-23-14-7-4-12(5-8-14)18(21)24-11-16(20)13-6-9-17(22-2)15(19)10-13/h4-10H,3,11H2,1-2H3. The van der Waals surface area contributed by atoms with Crippen LogP contribution in [0.1, 0.15) is 27.6 Å². The molecule has 6 heteroatoms. The summed E-state index contributed by atoms with van der Waals surface area (Å²) >= 11 is 3.31. The molecule has 2 rings (SSSR count). The van der Waals surface area contributed by atoms with Crippen LogP contribution < -0.4 is 9.47 Å². The highest BCUT2D eigenvalue weighted by molar-refractivity contribution is 9.10. The Balaban J connectivity index is 1.95. The van der Waals surface area contributed by atoms with Gasteiger partial charge in [-0.1, -0.05) is 0 Å². The minimum Gasteiger partial charge on any atom is -0.496 e. The van der Waals surface area contributed by atoms with Crippen LogP contribution in [0.25, 0.3) is 0 Å². The molecule has 24 heavy (non-hydrogen) atoms. The number of halogens is 1. The first-order chi connectivity index (χ1) is 11.5. The van der Waals surface area contributed by atoms with Gasteiger partial charge in [-0.05, 0) is 65.3 Å². The van der Waals surface area contributed by atoms with E-state index < -0.39 is 5.97 Å². The van der Waals surface area contributed by atoms with E-state index >= 15 is 0 Å². The van der Waals surface area contributed by atoms with Gasteiger partial charge in [-0.2, -0.15) is 0 Å². The van der Waals surface area contributed by atoms with Crippen molar-refractivity contribution in [2.45, 2.75) is 6.92 Å². The fourth-order valence-corrected chi connectivity index (χ4v) is 2.53. The second-order valence-corrected chi connectivity index (χ2v) is 5.66. The van der Waals surface area contributed by atoms with Crippen LogP contribution in [0, 0.1) is 0 Å². The molecule has 0 amide bonds. The van der Waals surface area contributed by atoms with Crippen molar-refractivity contribution in [2.24, 2.45) is 0 Å². The summed E-state index contributed by atoms with van der Waals surface area (Å²) in [4.78, 5) is 24.1. The van der Waals surface area contributed by atoms with E-state index in [1.807, 2.05) is 6.92 Å². The summed E-state index contributed by atoms with van der Waals surface area (Å²) in [5.41, 5.74) is 0.796. The third-order valence-corrected chi connectivity index (χ3v) is 3.83. The second-order valence-electron chi connectivity index (χ2n) is 4.81. The Morgan fingerprint density at radius 1 is 1.04 bits per heavy atom. The third-order valence-electron chi connectivity index (χ3n) is 3.21. The highest BCUT2D eigenvalue weighted by Crippen LogP contribution is 2.25. The smallest absolute Gasteiger partial charge is 0.338 e. The van der Waals surface area contributed by atoms with Crippen molar-refractivity contribution < 1.29 is 23.8 Å². The fourth-order valence-electron chi connectivity index (χ4n) is 1.99. The minimum atomic E-state index is -0.557. The van der Waals surface area contributed by atoms with Crippen LogP contribution >= 0.6 is 15.9 Å². The van der Waals surface area contributed by atoms with Gasteiger partial charge in [0.2, 0.25) is 0 Å². The normalized spacial score (nSPS) is 10.1. The zero-order chi connectivity index (χ0) is 17.5. The number of benzene rings is 2. The van der Waals surface area contributed by atoms with Gasteiger partial charge < -0.3 is 14.2 Å². The molecule has 0 heterocycles. The van der Waals surface area contributed by atoms with Crippen LogP contribution in [0.2, 0.25) is 0 Å². The summed E-state index contributed by atoms with van der Waals surface area (Å²) in [5.74, 6) is 0.447. The van der Waals surface area contributed by atoms with Crippen LogP contribution in [-0.2, 0) is 4.74 Å². The Hall–Kier alpha value is -2.34. The van der Waals surface area contributed by atoms with E-state index in [1.54, 1.807) is 49.6 Å². The molecule has 0 spiro atoms. The molecule has 0 unspecified atom stereocenters. The Morgan fingerprint density at radius 2 is 1.71 bits per heavy atom. The zero-order valence-electron chi connectivity index (χ0n) is 13.4. The summed E-state index contributed by atoms with van der Waals surface area (Å²) in [7, 11) is 1.54. The molecule has 0 saturated heterocycles. The lowest BCUT2D eigenvalue weighted by Crippen LogP contribution is -2.14. The van der Waals surface area contributed by atoms with Crippen molar-refractivity contribution in [3.8, 4) is 11.5 Å². The molecule has 0 bridgehead atoms. The molecule has 5 nitrogen and oxygen atoms in total. The Bertz CT molecular complexity index is 725. The summed E-state index contributed by atoms with van der Waals surface area (Å²) in [5, 5.41) is 0. The van der Waals surface area contributed by atoms with Gasteiger partial charge in [-0.25, -0.2) is 4.79 Å². The predicted molar refractivity (Wildman–Crippen MR) is 92.9 cm³/mol. The average molecular weight is 393 g/mol. The Kier molecular flexibility index (Phi) is 6.37. The molecular weight excluding hydrogens is 376 g/mol. The van der Waals surface area contributed by atoms with Crippen molar-refractivity contribution >= 4 is 27.7 Å². The van der Waals surface area contributed by atoms with E-state index in [9.17, 15) is 9.59 Å². The number of ketones is 1. The molecule has 0 fully saturated rings. The van der Waals surface area contributed by atoms with Crippen LogP contribution in [0.4, 0.5) is 0 Å². The van der Waals surface area contributed by atoms with Crippen LogP contribution in [0.5, 0.6) is 11.5 Å². The fraction of sp³-hybridized carbons (Fsp3) is 0.222. The third kappa shape index (κ3) is 4.58. The van der Waals surface area contributed by atoms with Crippen LogP contribution in [0.3, 0.4) is 0 Å². The van der Waals surface area contributed by atoms with Gasteiger partial charge in [0.15, 0.2) is 12.4 Å². The topological polar surface area (TPSA) is 61.8 Å². The first kappa shape index (κ1) is 18.0. The monoisotopic (exact) mass is 392 g/mol. The summed E-state index contributed by atoms with van der Waals surface area (Å²) in [6.07, 6.45) is 0. The van der Waals surface area contributed by atoms with E-state index in [0.29, 0.717) is 33.7 Å². The van der Waals surface area contributed by atoms with Crippen LogP contribution in [-0.4, -0.2) is 32.1 Å². The summed E-state index contributed by atoms with van der Waals surface area (Å²) in [6.45, 7) is 2.10. The molecule has 2 aromatic rings. The number of carbonyl (C=O) groups is 2. The minimum absolute atomic E-state index is 0.294. The van der Waals surface area contributed by atoms with Crippen molar-refractivity contribution in [1.29, 1.82) is 0 Å². The maximum absolute atomic E-state index is 12.1. The van der Waals surface area contributed by atoms with Crippen molar-refractivity contribution in [2.75, 3.05) is 20.3 Å². The largest absolute Gasteiger partial charge is 0.496 e. The number of rotatable bonds is 7. The number of carbonyl (C=O) groups excluding carboxylic acids is 2. The van der Waals surface area contributed by atoms with E-state index in [2.05, 4.69) is 15.9 Å². The molecular formula is C18H17BrO5. The van der Waals surface area contributed by atoms with E-state index in [4.69, 9.17) is 14.2 Å². The van der Waals surface area contributed by atoms with Gasteiger partial charge >= 0.3 is 5.97 Å². The molecule has 0 atom stereocenters. The number of methoxy groups -OCH3 is 1. The van der Waals surface area contributed by atoms with Gasteiger partial charge in [0.05, 0.1) is 23.8 Å². The van der Waals surface area contributed by atoms with Crippen molar-refractivity contribution in [1.82, 2.24) is 0 Å². The lowest BCUT2D eigenvalue weighted by molar-refractivity contribution is 0.0474. The molecule has 0 radical (unpaired) electrons. The Labute approximate surface area is 148 Å². The van der Waals surface area contributed by atoms with E-state index in [0.717, 1.165) is 0 Å². The zero-order valence-corrected chi connectivity index (χ0v) is 15.0. The van der Waals surface area contributed by atoms with Crippen molar-refractivity contribution in [3.05, 3.63) is 58.1 Å². The molecule has 2 aromatic carbocycles. The maximum Gasteiger partial charge on any atom is 0.338 e. The highest BCUT2D eigenvalue weighted by Gasteiger charge is 2.13. The van der Waals surface area contributed by atoms with Crippen LogP contribution in [0.15, 0.2) is 46.9 Å². The van der Waals surface area contributed by atoms with Gasteiger partial charge in [0.25, 0.3) is 0 Å². The lowest BCUT2D eigenvalue weighted by atomic mass is 10.1. The van der Waals surface area contributed by atoms with E-state index in [-0.39, 0.29) is 12.4 Å². The predicted octanol–water partition coefficient (Wildman–Crippen LogP) is 3.90. The molecule has 0 aliphatic carbocycles. The average Bonchev–Trinajstić information content (AvgIpc) is 2.60. The number of Topliss-reactive ketones (excluding diaryl/α,β-unsaturated/α-hetero) is 1. The lowest BCUT2D eigenvalue weighted by Gasteiger charge is -2.07. The molecule has 0 N–H and O–H groups in total. The first-order valence-electron chi connectivity index (χ1n) is 7.32.